The van der Waals surface area contributed by atoms with Crippen LogP contribution in [-0.4, -0.2) is 30.5 Å². The molecule has 0 aromatic heterocycles. The minimum absolute atomic E-state index is 0.206. The summed E-state index contributed by atoms with van der Waals surface area (Å²) < 4.78 is 5.19. The van der Waals surface area contributed by atoms with Gasteiger partial charge in [0.2, 0.25) is 5.91 Å². The Bertz CT molecular complexity index is 508. The number of ether oxygens (including phenoxy) is 1. The third kappa shape index (κ3) is 2.78. The molecule has 21 heavy (non-hydrogen) atoms. The Kier molecular flexibility index (Phi) is 3.92. The molecule has 3 atom stereocenters. The van der Waals surface area contributed by atoms with E-state index in [1.165, 1.54) is 12.0 Å². The molecule has 3 heteroatoms. The maximum absolute atomic E-state index is 12.7. The first-order valence-corrected chi connectivity index (χ1v) is 8.06. The van der Waals surface area contributed by atoms with E-state index in [1.807, 2.05) is 12.1 Å². The number of hydrogen-bond donors (Lipinski definition) is 0. The number of carbonyl (C=O) groups excluding carboxylic acids is 1. The maximum atomic E-state index is 12.7. The molecule has 0 spiro atoms. The maximum Gasteiger partial charge on any atom is 0.226 e. The highest BCUT2D eigenvalue weighted by atomic mass is 16.5. The van der Waals surface area contributed by atoms with E-state index < -0.39 is 0 Å². The lowest BCUT2D eigenvalue weighted by Crippen LogP contribution is -2.39. The lowest BCUT2D eigenvalue weighted by molar-refractivity contribution is -0.134. The van der Waals surface area contributed by atoms with Gasteiger partial charge in [-0.25, -0.2) is 0 Å². The van der Waals surface area contributed by atoms with Gasteiger partial charge in [-0.1, -0.05) is 26.0 Å². The lowest BCUT2D eigenvalue weighted by Gasteiger charge is -2.28. The van der Waals surface area contributed by atoms with Gasteiger partial charge >= 0.3 is 0 Å². The zero-order valence-electron chi connectivity index (χ0n) is 13.2. The zero-order valence-corrected chi connectivity index (χ0v) is 13.2. The predicted octanol–water partition coefficient (Wildman–Crippen LogP) is 3.45. The molecule has 1 heterocycles. The molecule has 1 saturated heterocycles. The van der Waals surface area contributed by atoms with Crippen molar-refractivity contribution in [2.45, 2.75) is 45.1 Å². The van der Waals surface area contributed by atoms with Crippen molar-refractivity contribution >= 4 is 5.91 Å². The minimum Gasteiger partial charge on any atom is -0.497 e. The summed E-state index contributed by atoms with van der Waals surface area (Å²) >= 11 is 0. The average Bonchev–Trinajstić information content (AvgIpc) is 3.13. The van der Waals surface area contributed by atoms with Gasteiger partial charge in [-0.3, -0.25) is 4.79 Å². The van der Waals surface area contributed by atoms with Crippen molar-refractivity contribution in [1.82, 2.24) is 4.90 Å². The van der Waals surface area contributed by atoms with Gasteiger partial charge in [0.1, 0.15) is 5.75 Å². The second kappa shape index (κ2) is 5.70. The molecule has 0 N–H and O–H groups in total. The van der Waals surface area contributed by atoms with Crippen molar-refractivity contribution in [2.75, 3.05) is 13.7 Å². The molecule has 3 rings (SSSR count). The molecule has 3 nitrogen and oxygen atoms in total. The molecule has 0 bridgehead atoms. The number of nitrogens with zero attached hydrogens (tertiary/aromatic N) is 1. The van der Waals surface area contributed by atoms with E-state index in [4.69, 9.17) is 4.74 Å². The molecule has 114 valence electrons. The summed E-state index contributed by atoms with van der Waals surface area (Å²) in [7, 11) is 1.68. The highest BCUT2D eigenvalue weighted by Gasteiger charge is 2.47. The predicted molar refractivity (Wildman–Crippen MR) is 83.4 cm³/mol. The quantitative estimate of drug-likeness (QED) is 0.849. The zero-order chi connectivity index (χ0) is 15.0. The van der Waals surface area contributed by atoms with Crippen LogP contribution in [0.25, 0.3) is 0 Å². The standard InChI is InChI=1S/C18H25NO2/c1-12(2)17-5-4-10-19(17)18(20)16-11-15(16)13-6-8-14(21-3)9-7-13/h6-9,12,15-17H,4-5,10-11H2,1-3H3/t15-,16-,17-/m0/s1. The molecule has 1 amide bonds. The van der Waals surface area contributed by atoms with Crippen molar-refractivity contribution in [3.8, 4) is 5.75 Å². The van der Waals surface area contributed by atoms with Crippen LogP contribution in [0.15, 0.2) is 24.3 Å². The van der Waals surface area contributed by atoms with E-state index in [9.17, 15) is 4.79 Å². The summed E-state index contributed by atoms with van der Waals surface area (Å²) in [4.78, 5) is 14.9. The molecule has 2 fully saturated rings. The van der Waals surface area contributed by atoms with Crippen molar-refractivity contribution < 1.29 is 9.53 Å². The number of methoxy groups -OCH3 is 1. The highest BCUT2D eigenvalue weighted by molar-refractivity contribution is 5.83. The third-order valence-corrected chi connectivity index (χ3v) is 5.00. The van der Waals surface area contributed by atoms with Gasteiger partial charge in [-0.05, 0) is 48.8 Å². The van der Waals surface area contributed by atoms with Gasteiger partial charge < -0.3 is 9.64 Å². The van der Waals surface area contributed by atoms with Crippen LogP contribution < -0.4 is 4.74 Å². The van der Waals surface area contributed by atoms with Gasteiger partial charge in [0.25, 0.3) is 0 Å². The van der Waals surface area contributed by atoms with Crippen LogP contribution in [0.2, 0.25) is 0 Å². The molecule has 1 aliphatic carbocycles. The largest absolute Gasteiger partial charge is 0.497 e. The molecule has 0 unspecified atom stereocenters. The Hall–Kier alpha value is -1.51. The smallest absolute Gasteiger partial charge is 0.226 e. The Morgan fingerprint density at radius 3 is 2.62 bits per heavy atom. The van der Waals surface area contributed by atoms with E-state index >= 15 is 0 Å². The second-order valence-corrected chi connectivity index (χ2v) is 6.71. The molecule has 0 radical (unpaired) electrons. The van der Waals surface area contributed by atoms with Crippen LogP contribution in [0.1, 0.15) is 44.6 Å². The fraction of sp³-hybridized carbons (Fsp3) is 0.611. The summed E-state index contributed by atoms with van der Waals surface area (Å²) in [5, 5.41) is 0. The van der Waals surface area contributed by atoms with Crippen molar-refractivity contribution in [2.24, 2.45) is 11.8 Å². The highest BCUT2D eigenvalue weighted by Crippen LogP contribution is 2.49. The van der Waals surface area contributed by atoms with Crippen LogP contribution in [-0.2, 0) is 4.79 Å². The Labute approximate surface area is 127 Å². The second-order valence-electron chi connectivity index (χ2n) is 6.71. The number of likely N-dealkylation sites (tertiary alicyclic amines) is 1. The number of carbonyl (C=O) groups is 1. The number of hydrogen-bond acceptors (Lipinski definition) is 2. The van der Waals surface area contributed by atoms with Crippen LogP contribution in [0.3, 0.4) is 0 Å². The van der Waals surface area contributed by atoms with Gasteiger partial charge in [0.05, 0.1) is 7.11 Å². The van der Waals surface area contributed by atoms with Gasteiger partial charge in [0.15, 0.2) is 0 Å². The van der Waals surface area contributed by atoms with E-state index in [2.05, 4.69) is 30.9 Å². The van der Waals surface area contributed by atoms with E-state index in [1.54, 1.807) is 7.11 Å². The molecule has 2 aliphatic rings. The van der Waals surface area contributed by atoms with Gasteiger partial charge in [0, 0.05) is 18.5 Å². The fourth-order valence-electron chi connectivity index (χ4n) is 3.66. The van der Waals surface area contributed by atoms with Crippen LogP contribution in [0.5, 0.6) is 5.75 Å². The van der Waals surface area contributed by atoms with E-state index in [0.29, 0.717) is 23.8 Å². The van der Waals surface area contributed by atoms with Crippen LogP contribution in [0.4, 0.5) is 0 Å². The molecular formula is C18H25NO2. The molecular weight excluding hydrogens is 262 g/mol. The molecule has 1 aliphatic heterocycles. The van der Waals surface area contributed by atoms with Crippen molar-refractivity contribution in [1.29, 1.82) is 0 Å². The van der Waals surface area contributed by atoms with E-state index in [-0.39, 0.29) is 5.92 Å². The summed E-state index contributed by atoms with van der Waals surface area (Å²) in [6, 6.07) is 8.63. The first kappa shape index (κ1) is 14.4. The number of rotatable bonds is 4. The van der Waals surface area contributed by atoms with Crippen molar-refractivity contribution in [3.05, 3.63) is 29.8 Å². The third-order valence-electron chi connectivity index (χ3n) is 5.00. The Morgan fingerprint density at radius 1 is 1.29 bits per heavy atom. The van der Waals surface area contributed by atoms with Crippen molar-refractivity contribution in [3.63, 3.8) is 0 Å². The van der Waals surface area contributed by atoms with E-state index in [0.717, 1.165) is 25.1 Å². The molecule has 1 aromatic rings. The monoisotopic (exact) mass is 287 g/mol. The average molecular weight is 287 g/mol. The first-order valence-electron chi connectivity index (χ1n) is 8.06. The molecule has 1 saturated carbocycles. The summed E-state index contributed by atoms with van der Waals surface area (Å²) in [6.45, 7) is 5.40. The Morgan fingerprint density at radius 2 is 2.00 bits per heavy atom. The van der Waals surface area contributed by atoms with Crippen LogP contribution in [0, 0.1) is 11.8 Å². The number of amides is 1. The molecule has 1 aromatic carbocycles. The fourth-order valence-corrected chi connectivity index (χ4v) is 3.66. The minimum atomic E-state index is 0.206. The number of benzene rings is 1. The van der Waals surface area contributed by atoms with Crippen LogP contribution >= 0.6 is 0 Å². The summed E-state index contributed by atoms with van der Waals surface area (Å²) in [5.74, 6) is 2.44. The summed E-state index contributed by atoms with van der Waals surface area (Å²) in [6.07, 6.45) is 3.34. The SMILES string of the molecule is COc1ccc([C@@H]2C[C@@H]2C(=O)N2CCC[C@H]2C(C)C)cc1. The Balaban J connectivity index is 1.65. The first-order chi connectivity index (χ1) is 10.1. The normalized spacial score (nSPS) is 28.0. The topological polar surface area (TPSA) is 29.5 Å². The lowest BCUT2D eigenvalue weighted by atomic mass is 10.0. The van der Waals surface area contributed by atoms with Gasteiger partial charge in [-0.2, -0.15) is 0 Å². The van der Waals surface area contributed by atoms with Gasteiger partial charge in [-0.15, -0.1) is 0 Å². The summed E-state index contributed by atoms with van der Waals surface area (Å²) in [5.41, 5.74) is 1.27.